The lowest BCUT2D eigenvalue weighted by Gasteiger charge is -2.35. The number of hydrogen-bond donors (Lipinski definition) is 1. The Morgan fingerprint density at radius 1 is 1.35 bits per heavy atom. The molecule has 0 saturated heterocycles. The molecule has 4 unspecified atom stereocenters. The molecule has 1 aliphatic carbocycles. The normalized spacial score (nSPS) is 28.2. The summed E-state index contributed by atoms with van der Waals surface area (Å²) >= 11 is 3.54. The van der Waals surface area contributed by atoms with E-state index in [4.69, 9.17) is 0 Å². The van der Waals surface area contributed by atoms with E-state index in [1.807, 2.05) is 31.3 Å². The van der Waals surface area contributed by atoms with Crippen molar-refractivity contribution in [1.82, 2.24) is 5.32 Å². The average molecular weight is 358 g/mol. The molecule has 4 heteroatoms. The molecular formula is C16H24BrNOS. The minimum absolute atomic E-state index is 0.226. The third kappa shape index (κ3) is 3.71. The largest absolute Gasteiger partial charge is 0.316 e. The van der Waals surface area contributed by atoms with Crippen molar-refractivity contribution < 1.29 is 4.21 Å². The van der Waals surface area contributed by atoms with Gasteiger partial charge in [-0.3, -0.25) is 4.21 Å². The molecule has 1 saturated carbocycles. The second-order valence-electron chi connectivity index (χ2n) is 5.63. The maximum absolute atomic E-state index is 13.0. The SMILES string of the molecule is CCCC1CCC(NC)C(S(=O)c2ccccc2Br)C1. The molecule has 0 radical (unpaired) electrons. The van der Waals surface area contributed by atoms with Gasteiger partial charge in [-0.05, 0) is 60.3 Å². The van der Waals surface area contributed by atoms with E-state index in [1.54, 1.807) is 0 Å². The van der Waals surface area contributed by atoms with Crippen LogP contribution in [0, 0.1) is 5.92 Å². The number of rotatable bonds is 5. The first kappa shape index (κ1) is 16.2. The predicted molar refractivity (Wildman–Crippen MR) is 89.4 cm³/mol. The Balaban J connectivity index is 2.18. The fourth-order valence-electron chi connectivity index (χ4n) is 3.22. The van der Waals surface area contributed by atoms with Crippen LogP contribution >= 0.6 is 15.9 Å². The van der Waals surface area contributed by atoms with Gasteiger partial charge in [-0.15, -0.1) is 0 Å². The first-order valence-electron chi connectivity index (χ1n) is 7.49. The highest BCUT2D eigenvalue weighted by Crippen LogP contribution is 2.34. The highest BCUT2D eigenvalue weighted by atomic mass is 79.9. The van der Waals surface area contributed by atoms with Gasteiger partial charge in [-0.2, -0.15) is 0 Å². The fourth-order valence-corrected chi connectivity index (χ4v) is 5.80. The number of benzene rings is 1. The molecule has 1 aromatic rings. The van der Waals surface area contributed by atoms with Gasteiger partial charge < -0.3 is 5.32 Å². The standard InChI is InChI=1S/C16H24BrNOS/c1-3-6-12-9-10-14(18-2)16(11-12)20(19)15-8-5-4-7-13(15)17/h4-5,7-8,12,14,16,18H,3,6,9-11H2,1-2H3. The molecule has 0 aliphatic heterocycles. The molecule has 112 valence electrons. The Labute approximate surface area is 133 Å². The summed E-state index contributed by atoms with van der Waals surface area (Å²) in [6.45, 7) is 2.24. The summed E-state index contributed by atoms with van der Waals surface area (Å²) in [5.41, 5.74) is 0. The second kappa shape index (κ2) is 7.71. The zero-order valence-electron chi connectivity index (χ0n) is 12.3. The average Bonchev–Trinajstić information content (AvgIpc) is 2.47. The van der Waals surface area contributed by atoms with Crippen LogP contribution in [0.5, 0.6) is 0 Å². The zero-order valence-corrected chi connectivity index (χ0v) is 14.7. The quantitative estimate of drug-likeness (QED) is 0.858. The van der Waals surface area contributed by atoms with Crippen molar-refractivity contribution in [2.24, 2.45) is 5.92 Å². The first-order valence-corrected chi connectivity index (χ1v) is 9.50. The van der Waals surface area contributed by atoms with E-state index < -0.39 is 10.8 Å². The molecule has 0 heterocycles. The van der Waals surface area contributed by atoms with Gasteiger partial charge in [0.1, 0.15) is 0 Å². The fraction of sp³-hybridized carbons (Fsp3) is 0.625. The highest BCUT2D eigenvalue weighted by molar-refractivity contribution is 9.10. The number of hydrogen-bond acceptors (Lipinski definition) is 2. The van der Waals surface area contributed by atoms with Crippen molar-refractivity contribution >= 4 is 26.7 Å². The molecule has 1 aromatic carbocycles. The summed E-state index contributed by atoms with van der Waals surface area (Å²) in [7, 11) is 1.05. The van der Waals surface area contributed by atoms with Crippen molar-refractivity contribution in [3.8, 4) is 0 Å². The van der Waals surface area contributed by atoms with Crippen molar-refractivity contribution in [3.05, 3.63) is 28.7 Å². The third-order valence-electron chi connectivity index (χ3n) is 4.30. The summed E-state index contributed by atoms with van der Waals surface area (Å²) in [6.07, 6.45) is 5.97. The Kier molecular flexibility index (Phi) is 6.24. The van der Waals surface area contributed by atoms with E-state index in [1.165, 1.54) is 19.3 Å². The maximum Gasteiger partial charge on any atom is 0.0588 e. The minimum atomic E-state index is -0.945. The molecule has 2 rings (SSSR count). The Bertz CT molecular complexity index is 466. The van der Waals surface area contributed by atoms with Gasteiger partial charge in [0.05, 0.1) is 20.9 Å². The highest BCUT2D eigenvalue weighted by Gasteiger charge is 2.34. The Morgan fingerprint density at radius 2 is 2.10 bits per heavy atom. The summed E-state index contributed by atoms with van der Waals surface area (Å²) in [4.78, 5) is 0.940. The molecule has 0 bridgehead atoms. The van der Waals surface area contributed by atoms with E-state index in [-0.39, 0.29) is 5.25 Å². The molecule has 4 atom stereocenters. The van der Waals surface area contributed by atoms with Gasteiger partial charge in [0.25, 0.3) is 0 Å². The molecule has 1 fully saturated rings. The van der Waals surface area contributed by atoms with E-state index >= 15 is 0 Å². The van der Waals surface area contributed by atoms with Crippen LogP contribution in [0.15, 0.2) is 33.6 Å². The van der Waals surface area contributed by atoms with Crippen LogP contribution < -0.4 is 5.32 Å². The lowest BCUT2D eigenvalue weighted by molar-refractivity contribution is 0.292. The van der Waals surface area contributed by atoms with Gasteiger partial charge in [0, 0.05) is 10.5 Å². The molecule has 0 spiro atoms. The topological polar surface area (TPSA) is 29.1 Å². The molecule has 2 nitrogen and oxygen atoms in total. The van der Waals surface area contributed by atoms with Crippen LogP contribution in [0.4, 0.5) is 0 Å². The van der Waals surface area contributed by atoms with Crippen LogP contribution in [-0.2, 0) is 10.8 Å². The van der Waals surface area contributed by atoms with Crippen LogP contribution in [0.2, 0.25) is 0 Å². The van der Waals surface area contributed by atoms with E-state index in [0.29, 0.717) is 6.04 Å². The summed E-state index contributed by atoms with van der Waals surface area (Å²) < 4.78 is 13.9. The lowest BCUT2D eigenvalue weighted by atomic mass is 9.83. The summed E-state index contributed by atoms with van der Waals surface area (Å²) in [6, 6.07) is 8.28. The Morgan fingerprint density at radius 3 is 2.75 bits per heavy atom. The van der Waals surface area contributed by atoms with E-state index in [0.717, 1.165) is 28.1 Å². The van der Waals surface area contributed by atoms with Gasteiger partial charge >= 0.3 is 0 Å². The minimum Gasteiger partial charge on any atom is -0.316 e. The van der Waals surface area contributed by atoms with E-state index in [9.17, 15) is 4.21 Å². The van der Waals surface area contributed by atoms with Crippen LogP contribution in [-0.4, -0.2) is 22.5 Å². The Hall–Kier alpha value is -0.190. The monoisotopic (exact) mass is 357 g/mol. The molecule has 1 N–H and O–H groups in total. The van der Waals surface area contributed by atoms with Crippen molar-refractivity contribution in [2.45, 2.75) is 55.2 Å². The number of nitrogens with one attached hydrogen (secondary N) is 1. The zero-order chi connectivity index (χ0) is 14.5. The van der Waals surface area contributed by atoms with Crippen LogP contribution in [0.3, 0.4) is 0 Å². The molecular weight excluding hydrogens is 334 g/mol. The molecule has 0 aromatic heterocycles. The first-order chi connectivity index (χ1) is 9.67. The molecule has 0 amide bonds. The van der Waals surface area contributed by atoms with Gasteiger partial charge in [-0.25, -0.2) is 0 Å². The van der Waals surface area contributed by atoms with Crippen LogP contribution in [0.25, 0.3) is 0 Å². The van der Waals surface area contributed by atoms with Crippen molar-refractivity contribution in [3.63, 3.8) is 0 Å². The van der Waals surface area contributed by atoms with E-state index in [2.05, 4.69) is 28.2 Å². The predicted octanol–water partition coefficient (Wildman–Crippen LogP) is 4.11. The second-order valence-corrected chi connectivity index (χ2v) is 8.12. The summed E-state index contributed by atoms with van der Waals surface area (Å²) in [5, 5.41) is 3.60. The number of halogens is 1. The van der Waals surface area contributed by atoms with Crippen LogP contribution in [0.1, 0.15) is 39.0 Å². The maximum atomic E-state index is 13.0. The van der Waals surface area contributed by atoms with Gasteiger partial charge in [-0.1, -0.05) is 31.9 Å². The summed E-state index contributed by atoms with van der Waals surface area (Å²) in [5.74, 6) is 0.737. The lowest BCUT2D eigenvalue weighted by Crippen LogP contribution is -2.44. The van der Waals surface area contributed by atoms with Gasteiger partial charge in [0.15, 0.2) is 0 Å². The van der Waals surface area contributed by atoms with Crippen molar-refractivity contribution in [2.75, 3.05) is 7.05 Å². The molecule has 1 aliphatic rings. The molecule has 20 heavy (non-hydrogen) atoms. The van der Waals surface area contributed by atoms with Gasteiger partial charge in [0.2, 0.25) is 0 Å². The van der Waals surface area contributed by atoms with Crippen molar-refractivity contribution in [1.29, 1.82) is 0 Å². The smallest absolute Gasteiger partial charge is 0.0588 e. The third-order valence-corrected chi connectivity index (χ3v) is 7.11.